The summed E-state index contributed by atoms with van der Waals surface area (Å²) in [6.45, 7) is 5.72. The van der Waals surface area contributed by atoms with Crippen LogP contribution in [0.25, 0.3) is 0 Å². The molecule has 2 aliphatic rings. The number of quaternary nitrogens is 1. The number of hydrogen-bond donors (Lipinski definition) is 7. The second-order valence-electron chi connectivity index (χ2n) is 18.8. The van der Waals surface area contributed by atoms with E-state index in [1.807, 2.05) is 0 Å². The summed E-state index contributed by atoms with van der Waals surface area (Å²) in [5.41, 5.74) is 0. The van der Waals surface area contributed by atoms with Gasteiger partial charge in [-0.1, -0.05) is 162 Å². The standard InChI is InChI=1S/C47H94NO12.ClH/c1-5-7-9-11-13-15-17-19-20-22-24-26-28-30-32-57-46-44(54)43(53)41(51)39(60-46)36-58-47-45(55)42(52)40(50)38(59-47)35-56-34-37(49)33-48(3,4)31-29-27-25-23-21-18-16-14-12-10-8-6-2;/h37-47,49-55H,5-36H2,1-4H3;1H/q+1;/p-1/t37?,38-,39-,40-,41-,42+,43+,44-,45-,46-,47+;/m1./s1. The molecular formula is C47H94ClNO12. The van der Waals surface area contributed by atoms with Crippen molar-refractivity contribution in [2.24, 2.45) is 0 Å². The minimum Gasteiger partial charge on any atom is -1.00 e. The van der Waals surface area contributed by atoms with Gasteiger partial charge in [0, 0.05) is 6.61 Å². The number of hydrogen-bond acceptors (Lipinski definition) is 12. The summed E-state index contributed by atoms with van der Waals surface area (Å²) in [6.07, 6.45) is 18.0. The van der Waals surface area contributed by atoms with Crippen molar-refractivity contribution in [3.63, 3.8) is 0 Å². The van der Waals surface area contributed by atoms with E-state index in [0.29, 0.717) is 17.6 Å². The molecule has 0 aliphatic carbocycles. The molecule has 1 unspecified atom stereocenters. The number of rotatable bonds is 38. The van der Waals surface area contributed by atoms with Crippen LogP contribution in [0.2, 0.25) is 0 Å². The van der Waals surface area contributed by atoms with Crippen molar-refractivity contribution in [1.82, 2.24) is 0 Å². The van der Waals surface area contributed by atoms with Gasteiger partial charge in [-0.25, -0.2) is 0 Å². The van der Waals surface area contributed by atoms with Crippen molar-refractivity contribution in [2.75, 3.05) is 53.6 Å². The van der Waals surface area contributed by atoms with E-state index in [1.165, 1.54) is 141 Å². The highest BCUT2D eigenvalue weighted by Crippen LogP contribution is 2.27. The molecule has 2 rings (SSSR count). The van der Waals surface area contributed by atoms with Gasteiger partial charge in [-0.15, -0.1) is 0 Å². The average molecular weight is 901 g/mol. The summed E-state index contributed by atoms with van der Waals surface area (Å²) in [5, 5.41) is 74.3. The fourth-order valence-electron chi connectivity index (χ4n) is 8.49. The molecular weight excluding hydrogens is 806 g/mol. The first-order valence-electron chi connectivity index (χ1n) is 24.6. The van der Waals surface area contributed by atoms with Gasteiger partial charge in [-0.2, -0.15) is 0 Å². The van der Waals surface area contributed by atoms with E-state index in [4.69, 9.17) is 23.7 Å². The molecule has 2 heterocycles. The molecule has 366 valence electrons. The molecule has 0 amide bonds. The molecule has 0 spiro atoms. The van der Waals surface area contributed by atoms with E-state index in [-0.39, 0.29) is 32.2 Å². The Kier molecular flexibility index (Phi) is 34.7. The summed E-state index contributed by atoms with van der Waals surface area (Å²) < 4.78 is 29.4. The van der Waals surface area contributed by atoms with Crippen molar-refractivity contribution in [3.8, 4) is 0 Å². The van der Waals surface area contributed by atoms with Crippen LogP contribution in [0.4, 0.5) is 0 Å². The summed E-state index contributed by atoms with van der Waals surface area (Å²) in [6, 6.07) is 0. The molecule has 0 aromatic carbocycles. The predicted molar refractivity (Wildman–Crippen MR) is 235 cm³/mol. The van der Waals surface area contributed by atoms with Crippen molar-refractivity contribution >= 4 is 0 Å². The molecule has 11 atom stereocenters. The normalized spacial score (nSPS) is 27.6. The SMILES string of the molecule is CCCCCCCCCCCCCCCCO[C@@H]1O[C@H](CO[C@H]2O[C@H](COCC(O)C[N+](C)(C)CCCCCCCCCCCCCC)[C@@H](O)[C@H](O)[C@H]2O)[C@@H](O)[C@H](O)[C@H]1O.[Cl-]. The third-order valence-electron chi connectivity index (χ3n) is 12.5. The van der Waals surface area contributed by atoms with E-state index in [0.717, 1.165) is 32.2 Å². The number of aliphatic hydroxyl groups excluding tert-OH is 7. The molecule has 2 aliphatic heterocycles. The van der Waals surface area contributed by atoms with Crippen LogP contribution in [0, 0.1) is 0 Å². The van der Waals surface area contributed by atoms with Gasteiger partial charge in [-0.3, -0.25) is 0 Å². The number of nitrogens with zero attached hydrogens (tertiary/aromatic N) is 1. The summed E-state index contributed by atoms with van der Waals surface area (Å²) >= 11 is 0. The van der Waals surface area contributed by atoms with Gasteiger partial charge in [0.25, 0.3) is 0 Å². The lowest BCUT2D eigenvalue weighted by Crippen LogP contribution is -3.00. The van der Waals surface area contributed by atoms with Gasteiger partial charge >= 0.3 is 0 Å². The third-order valence-corrected chi connectivity index (χ3v) is 12.5. The van der Waals surface area contributed by atoms with Crippen LogP contribution >= 0.6 is 0 Å². The van der Waals surface area contributed by atoms with Crippen molar-refractivity contribution in [3.05, 3.63) is 0 Å². The quantitative estimate of drug-likeness (QED) is 0.0355. The Morgan fingerprint density at radius 3 is 1.25 bits per heavy atom. The smallest absolute Gasteiger partial charge is 0.186 e. The molecule has 2 fully saturated rings. The van der Waals surface area contributed by atoms with Crippen LogP contribution in [0.15, 0.2) is 0 Å². The monoisotopic (exact) mass is 900 g/mol. The minimum absolute atomic E-state index is 0. The van der Waals surface area contributed by atoms with Crippen LogP contribution in [0.5, 0.6) is 0 Å². The van der Waals surface area contributed by atoms with E-state index in [1.54, 1.807) is 0 Å². The minimum atomic E-state index is -1.62. The zero-order valence-electron chi connectivity index (χ0n) is 39.0. The lowest BCUT2D eigenvalue weighted by molar-refractivity contribution is -0.893. The Morgan fingerprint density at radius 1 is 0.459 bits per heavy atom. The van der Waals surface area contributed by atoms with Crippen molar-refractivity contribution in [1.29, 1.82) is 0 Å². The largest absolute Gasteiger partial charge is 1.00 e. The van der Waals surface area contributed by atoms with Crippen LogP contribution in [-0.2, 0) is 23.7 Å². The Morgan fingerprint density at radius 2 is 0.820 bits per heavy atom. The van der Waals surface area contributed by atoms with Gasteiger partial charge < -0.3 is 76.3 Å². The fraction of sp³-hybridized carbons (Fsp3) is 1.00. The van der Waals surface area contributed by atoms with Crippen LogP contribution in [0.3, 0.4) is 0 Å². The van der Waals surface area contributed by atoms with Crippen molar-refractivity contribution in [2.45, 2.75) is 248 Å². The molecule has 61 heavy (non-hydrogen) atoms. The summed E-state index contributed by atoms with van der Waals surface area (Å²) in [5.74, 6) is 0. The van der Waals surface area contributed by atoms with Gasteiger partial charge in [0.05, 0.1) is 40.5 Å². The fourth-order valence-corrected chi connectivity index (χ4v) is 8.49. The summed E-state index contributed by atoms with van der Waals surface area (Å²) in [4.78, 5) is 0. The molecule has 2 saturated heterocycles. The molecule has 0 radical (unpaired) electrons. The Hall–Kier alpha value is -0.230. The predicted octanol–water partition coefficient (Wildman–Crippen LogP) is 3.28. The maximum Gasteiger partial charge on any atom is 0.186 e. The van der Waals surface area contributed by atoms with E-state index in [2.05, 4.69) is 27.9 Å². The second-order valence-corrected chi connectivity index (χ2v) is 18.8. The van der Waals surface area contributed by atoms with Gasteiger partial charge in [0.15, 0.2) is 12.6 Å². The average Bonchev–Trinajstić information content (AvgIpc) is 3.22. The molecule has 0 aromatic rings. The van der Waals surface area contributed by atoms with Crippen LogP contribution in [0.1, 0.15) is 181 Å². The Bertz CT molecular complexity index is 1000. The molecule has 14 heteroatoms. The maximum absolute atomic E-state index is 10.8. The zero-order chi connectivity index (χ0) is 44.0. The zero-order valence-corrected chi connectivity index (χ0v) is 39.7. The third kappa shape index (κ3) is 25.9. The highest BCUT2D eigenvalue weighted by Gasteiger charge is 2.47. The van der Waals surface area contributed by atoms with Gasteiger partial charge in [0.2, 0.25) is 0 Å². The van der Waals surface area contributed by atoms with Crippen LogP contribution < -0.4 is 12.4 Å². The van der Waals surface area contributed by atoms with E-state index < -0.39 is 67.5 Å². The van der Waals surface area contributed by atoms with E-state index >= 15 is 0 Å². The molecule has 7 N–H and O–H groups in total. The highest BCUT2D eigenvalue weighted by atomic mass is 35.5. The molecule has 0 saturated carbocycles. The van der Waals surface area contributed by atoms with Crippen molar-refractivity contribution < 1.29 is 76.3 Å². The Labute approximate surface area is 377 Å². The number of unbranched alkanes of at least 4 members (excludes halogenated alkanes) is 24. The highest BCUT2D eigenvalue weighted by molar-refractivity contribution is 4.92. The number of likely N-dealkylation sites (N-methyl/N-ethyl adjacent to an activating group) is 1. The lowest BCUT2D eigenvalue weighted by Gasteiger charge is -2.43. The first kappa shape index (κ1) is 58.8. The second kappa shape index (κ2) is 36.0. The molecule has 0 aromatic heterocycles. The molecule has 13 nitrogen and oxygen atoms in total. The van der Waals surface area contributed by atoms with E-state index in [9.17, 15) is 35.7 Å². The first-order chi connectivity index (χ1) is 28.9. The van der Waals surface area contributed by atoms with Crippen LogP contribution in [-0.4, -0.2) is 161 Å². The van der Waals surface area contributed by atoms with Gasteiger partial charge in [0.1, 0.15) is 61.5 Å². The maximum atomic E-state index is 10.8. The Balaban J connectivity index is 0.0000186. The number of halogens is 1. The topological polar surface area (TPSA) is 188 Å². The first-order valence-corrected chi connectivity index (χ1v) is 24.6. The van der Waals surface area contributed by atoms with Gasteiger partial charge in [-0.05, 0) is 19.3 Å². The number of aliphatic hydroxyl groups is 7. The lowest BCUT2D eigenvalue weighted by atomic mass is 9.98. The number of ether oxygens (including phenoxy) is 5. The summed E-state index contributed by atoms with van der Waals surface area (Å²) in [7, 11) is 4.19. The molecule has 0 bridgehead atoms.